The second-order valence-corrected chi connectivity index (χ2v) is 7.83. The van der Waals surface area contributed by atoms with Crippen molar-refractivity contribution >= 4 is 39.3 Å². The van der Waals surface area contributed by atoms with E-state index in [2.05, 4.69) is 10.3 Å². The van der Waals surface area contributed by atoms with Gasteiger partial charge in [0.15, 0.2) is 0 Å². The number of sulfonamides is 1. The average molecular weight is 349 g/mol. The van der Waals surface area contributed by atoms with Gasteiger partial charge in [0.2, 0.25) is 5.91 Å². The van der Waals surface area contributed by atoms with E-state index in [1.165, 1.54) is 17.3 Å². The number of nitrogens with zero attached hydrogens (tertiary/aromatic N) is 2. The van der Waals surface area contributed by atoms with Crippen LogP contribution in [0.4, 0.5) is 5.69 Å². The highest BCUT2D eigenvalue weighted by molar-refractivity contribution is 7.89. The smallest absolute Gasteiger partial charge is 0.267 e. The minimum atomic E-state index is -3.72. The van der Waals surface area contributed by atoms with Gasteiger partial charge >= 0.3 is 0 Å². The average Bonchev–Trinajstić information content (AvgIpc) is 3.04. The van der Waals surface area contributed by atoms with Crippen LogP contribution < -0.4 is 5.32 Å². The molecule has 3 rings (SSSR count). The van der Waals surface area contributed by atoms with Crippen LogP contribution in [0.5, 0.6) is 0 Å². The Bertz CT molecular complexity index is 829. The van der Waals surface area contributed by atoms with Gasteiger partial charge in [-0.2, -0.15) is 0 Å². The first kappa shape index (κ1) is 15.7. The van der Waals surface area contributed by atoms with E-state index in [1.54, 1.807) is 29.5 Å². The van der Waals surface area contributed by atoms with Gasteiger partial charge in [-0.25, -0.2) is 17.7 Å². The maximum Gasteiger partial charge on any atom is 0.267 e. The molecule has 2 heterocycles. The fourth-order valence-electron chi connectivity index (χ4n) is 2.20. The molecule has 1 aromatic heterocycles. The summed E-state index contributed by atoms with van der Waals surface area (Å²) < 4.78 is 25.9. The van der Waals surface area contributed by atoms with Gasteiger partial charge in [0.1, 0.15) is 17.8 Å². The minimum absolute atomic E-state index is 0.119. The summed E-state index contributed by atoms with van der Waals surface area (Å²) in [5.41, 5.74) is 0.391. The van der Waals surface area contributed by atoms with E-state index in [1.807, 2.05) is 17.5 Å². The lowest BCUT2D eigenvalue weighted by Gasteiger charge is -2.23. The predicted molar refractivity (Wildman–Crippen MR) is 89.5 cm³/mol. The van der Waals surface area contributed by atoms with E-state index in [4.69, 9.17) is 0 Å². The molecule has 1 aliphatic heterocycles. The molecule has 0 saturated carbocycles. The predicted octanol–water partition coefficient (Wildman–Crippen LogP) is 1.77. The van der Waals surface area contributed by atoms with E-state index in [0.717, 1.165) is 10.7 Å². The van der Waals surface area contributed by atoms with Crippen molar-refractivity contribution in [1.29, 1.82) is 0 Å². The van der Waals surface area contributed by atoms with Crippen LogP contribution in [0.15, 0.2) is 51.7 Å². The number of thiophene rings is 1. The molecule has 0 bridgehead atoms. The lowest BCUT2D eigenvalue weighted by atomic mass is 10.3. The zero-order chi connectivity index (χ0) is 16.3. The molecule has 0 unspecified atom stereocenters. The molecule has 1 aromatic carbocycles. The van der Waals surface area contributed by atoms with Crippen molar-refractivity contribution in [2.24, 2.45) is 4.99 Å². The Morgan fingerprint density at radius 3 is 2.83 bits per heavy atom. The third-order valence-electron chi connectivity index (χ3n) is 3.35. The Labute approximate surface area is 138 Å². The molecule has 23 heavy (non-hydrogen) atoms. The highest BCUT2D eigenvalue weighted by atomic mass is 32.2. The number of benzene rings is 1. The first-order valence-corrected chi connectivity index (χ1v) is 9.33. The lowest BCUT2D eigenvalue weighted by molar-refractivity contribution is -0.120. The van der Waals surface area contributed by atoms with Crippen LogP contribution >= 0.6 is 11.3 Å². The number of para-hydroxylation sites is 1. The Hall–Kier alpha value is -2.19. The van der Waals surface area contributed by atoms with Crippen molar-refractivity contribution in [2.45, 2.75) is 11.3 Å². The first-order valence-electron chi connectivity index (χ1n) is 7.01. The number of rotatable bonds is 5. The lowest BCUT2D eigenvalue weighted by Crippen LogP contribution is -2.41. The van der Waals surface area contributed by atoms with Crippen molar-refractivity contribution in [1.82, 2.24) is 9.62 Å². The molecular formula is C15H15N3O3S2. The van der Waals surface area contributed by atoms with Gasteiger partial charge in [0, 0.05) is 11.4 Å². The van der Waals surface area contributed by atoms with Crippen LogP contribution in [-0.4, -0.2) is 38.1 Å². The van der Waals surface area contributed by atoms with Crippen LogP contribution in [-0.2, 0) is 21.2 Å². The SMILES string of the molecule is O=C(CN1C=Nc2ccccc2S1(=O)=O)NCCc1cccs1. The fourth-order valence-corrected chi connectivity index (χ4v) is 4.26. The summed E-state index contributed by atoms with van der Waals surface area (Å²) in [5.74, 6) is -0.351. The Morgan fingerprint density at radius 1 is 1.22 bits per heavy atom. The molecule has 0 atom stereocenters. The molecule has 0 saturated heterocycles. The summed E-state index contributed by atoms with van der Waals surface area (Å²) in [6.07, 6.45) is 1.92. The Balaban J connectivity index is 1.61. The maximum atomic E-state index is 12.5. The van der Waals surface area contributed by atoms with E-state index >= 15 is 0 Å². The van der Waals surface area contributed by atoms with E-state index < -0.39 is 10.0 Å². The van der Waals surface area contributed by atoms with Gasteiger partial charge in [0.05, 0.1) is 5.69 Å². The largest absolute Gasteiger partial charge is 0.354 e. The standard InChI is InChI=1S/C15H15N3O3S2/c19-15(16-8-7-12-4-3-9-22-12)10-18-11-17-13-5-1-2-6-14(13)23(18,20)21/h1-6,9,11H,7-8,10H2,(H,16,19). The molecular weight excluding hydrogens is 334 g/mol. The minimum Gasteiger partial charge on any atom is -0.354 e. The zero-order valence-electron chi connectivity index (χ0n) is 12.2. The van der Waals surface area contributed by atoms with Crippen LogP contribution in [0.2, 0.25) is 0 Å². The first-order chi connectivity index (χ1) is 11.1. The summed E-state index contributed by atoms with van der Waals surface area (Å²) in [4.78, 5) is 17.3. The zero-order valence-corrected chi connectivity index (χ0v) is 13.8. The van der Waals surface area contributed by atoms with E-state index in [-0.39, 0.29) is 17.3 Å². The van der Waals surface area contributed by atoms with Crippen molar-refractivity contribution in [3.63, 3.8) is 0 Å². The number of carbonyl (C=O) groups excluding carboxylic acids is 1. The van der Waals surface area contributed by atoms with Gasteiger partial charge in [-0.3, -0.25) is 4.79 Å². The van der Waals surface area contributed by atoms with Gasteiger partial charge in [-0.15, -0.1) is 11.3 Å². The summed E-state index contributed by atoms with van der Waals surface area (Å²) in [6.45, 7) is 0.200. The molecule has 0 spiro atoms. The van der Waals surface area contributed by atoms with Crippen LogP contribution in [0.1, 0.15) is 4.88 Å². The number of fused-ring (bicyclic) bond motifs is 1. The normalized spacial score (nSPS) is 15.2. The molecule has 0 radical (unpaired) electrons. The van der Waals surface area contributed by atoms with Gasteiger partial charge < -0.3 is 5.32 Å². The van der Waals surface area contributed by atoms with Crippen molar-refractivity contribution in [2.75, 3.05) is 13.1 Å². The number of nitrogens with one attached hydrogen (secondary N) is 1. The van der Waals surface area contributed by atoms with Crippen LogP contribution in [0, 0.1) is 0 Å². The van der Waals surface area contributed by atoms with Crippen molar-refractivity contribution < 1.29 is 13.2 Å². The molecule has 8 heteroatoms. The molecule has 1 N–H and O–H groups in total. The summed E-state index contributed by atoms with van der Waals surface area (Å²) >= 11 is 1.62. The third kappa shape index (κ3) is 3.43. The topological polar surface area (TPSA) is 78.8 Å². The third-order valence-corrected chi connectivity index (χ3v) is 6.03. The molecule has 2 aromatic rings. The quantitative estimate of drug-likeness (QED) is 0.893. The highest BCUT2D eigenvalue weighted by Crippen LogP contribution is 2.29. The van der Waals surface area contributed by atoms with Crippen LogP contribution in [0.3, 0.4) is 0 Å². The highest BCUT2D eigenvalue weighted by Gasteiger charge is 2.29. The molecule has 6 nitrogen and oxygen atoms in total. The Morgan fingerprint density at radius 2 is 2.04 bits per heavy atom. The monoisotopic (exact) mass is 349 g/mol. The molecule has 120 valence electrons. The second kappa shape index (κ2) is 6.51. The summed E-state index contributed by atoms with van der Waals surface area (Å²) in [6, 6.07) is 10.4. The number of amides is 1. The molecule has 1 amide bonds. The van der Waals surface area contributed by atoms with Crippen LogP contribution in [0.25, 0.3) is 0 Å². The van der Waals surface area contributed by atoms with E-state index in [9.17, 15) is 13.2 Å². The summed E-state index contributed by atoms with van der Waals surface area (Å²) in [7, 11) is -3.72. The van der Waals surface area contributed by atoms with Crippen molar-refractivity contribution in [3.05, 3.63) is 46.7 Å². The molecule has 0 aliphatic carbocycles. The van der Waals surface area contributed by atoms with E-state index in [0.29, 0.717) is 12.2 Å². The second-order valence-electron chi connectivity index (χ2n) is 4.94. The summed E-state index contributed by atoms with van der Waals surface area (Å²) in [5, 5.41) is 4.71. The number of carbonyl (C=O) groups is 1. The van der Waals surface area contributed by atoms with Gasteiger partial charge in [-0.05, 0) is 30.0 Å². The molecule has 0 fully saturated rings. The Kier molecular flexibility index (Phi) is 4.44. The number of aliphatic imine (C=N–C) groups is 1. The number of hydrogen-bond acceptors (Lipinski definition) is 5. The van der Waals surface area contributed by atoms with Crippen molar-refractivity contribution in [3.8, 4) is 0 Å². The maximum absolute atomic E-state index is 12.5. The van der Waals surface area contributed by atoms with Gasteiger partial charge in [-0.1, -0.05) is 18.2 Å². The number of hydrogen-bond donors (Lipinski definition) is 1. The fraction of sp³-hybridized carbons (Fsp3) is 0.200. The molecule has 1 aliphatic rings. The van der Waals surface area contributed by atoms with Gasteiger partial charge in [0.25, 0.3) is 10.0 Å².